The molecular weight excluding hydrogens is 464 g/mol. The largest absolute Gasteiger partial charge is 0.469 e. The molecule has 0 amide bonds. The van der Waals surface area contributed by atoms with Gasteiger partial charge in [-0.1, -0.05) is 69.4 Å². The van der Waals surface area contributed by atoms with Crippen LogP contribution in [-0.2, 0) is 9.53 Å². The Hall–Kier alpha value is -1.31. The zero-order chi connectivity index (χ0) is 27.2. The van der Waals surface area contributed by atoms with Gasteiger partial charge in [-0.15, -0.1) is 6.58 Å². The minimum atomic E-state index is -0.313. The van der Waals surface area contributed by atoms with Crippen molar-refractivity contribution in [2.45, 2.75) is 130 Å². The zero-order valence-corrected chi connectivity index (χ0v) is 25.4. The Morgan fingerprint density at radius 2 is 1.58 bits per heavy atom. The van der Waals surface area contributed by atoms with Gasteiger partial charge in [0.25, 0.3) is 0 Å². The number of rotatable bonds is 2. The molecule has 0 N–H and O–H groups in total. The average Bonchev–Trinajstić information content (AvgIpc) is 2.92. The van der Waals surface area contributed by atoms with E-state index in [1.807, 2.05) is 5.57 Å². The molecule has 8 atom stereocenters. The van der Waals surface area contributed by atoms with Gasteiger partial charge in [-0.25, -0.2) is 0 Å². The third kappa shape index (κ3) is 4.68. The van der Waals surface area contributed by atoms with Crippen LogP contribution in [-0.4, -0.2) is 13.1 Å². The third-order valence-electron chi connectivity index (χ3n) is 13.0. The molecule has 2 nitrogen and oxygen atoms in total. The van der Waals surface area contributed by atoms with E-state index in [-0.39, 0.29) is 22.2 Å². The van der Waals surface area contributed by atoms with Gasteiger partial charge in [0.1, 0.15) is 0 Å². The van der Waals surface area contributed by atoms with Crippen LogP contribution in [0.2, 0.25) is 0 Å². The lowest BCUT2D eigenvalue weighted by atomic mass is 9.46. The molecule has 0 aromatic rings. The first-order valence-electron chi connectivity index (χ1n) is 16.2. The lowest BCUT2D eigenvalue weighted by Gasteiger charge is -2.58. The lowest BCUT2D eigenvalue weighted by Crippen LogP contribution is -2.53. The smallest absolute Gasteiger partial charge is 0.311 e. The van der Waals surface area contributed by atoms with Crippen LogP contribution in [0.4, 0.5) is 0 Å². The normalized spacial score (nSPS) is 45.8. The Labute approximate surface area is 234 Å². The topological polar surface area (TPSA) is 26.3 Å². The van der Waals surface area contributed by atoms with E-state index in [1.54, 1.807) is 12.7 Å². The van der Waals surface area contributed by atoms with Crippen LogP contribution in [0, 0.1) is 45.3 Å². The Morgan fingerprint density at radius 1 is 0.842 bits per heavy atom. The van der Waals surface area contributed by atoms with Crippen molar-refractivity contribution in [1.82, 2.24) is 0 Å². The molecular formula is C36H56O2. The van der Waals surface area contributed by atoms with Crippen LogP contribution >= 0.6 is 0 Å². The van der Waals surface area contributed by atoms with E-state index in [0.29, 0.717) is 17.3 Å². The van der Waals surface area contributed by atoms with E-state index in [4.69, 9.17) is 4.74 Å². The molecule has 0 spiro atoms. The molecule has 38 heavy (non-hydrogen) atoms. The molecule has 212 valence electrons. The summed E-state index contributed by atoms with van der Waals surface area (Å²) in [6, 6.07) is 0. The van der Waals surface area contributed by atoms with Crippen molar-refractivity contribution in [3.8, 4) is 0 Å². The summed E-state index contributed by atoms with van der Waals surface area (Å²) in [4.78, 5) is 12.5. The summed E-state index contributed by atoms with van der Waals surface area (Å²) < 4.78 is 5.20. The maximum absolute atomic E-state index is 12.5. The molecule has 2 heteroatoms. The van der Waals surface area contributed by atoms with Gasteiger partial charge in [-0.3, -0.25) is 4.79 Å². The molecule has 0 aromatic heterocycles. The van der Waals surface area contributed by atoms with Crippen molar-refractivity contribution in [2.75, 3.05) is 7.11 Å². The second-order valence-electron chi connectivity index (χ2n) is 15.2. The number of ether oxygens (including phenoxy) is 1. The standard InChI is InChI=1S/C21H32O2.C15H24/c1-6-19(2)13-10-16-15(14-19)8-9-17-20(16,3)11-7-12-21(17,4)18(22)23-5;1-15-11-5-4-7-13(15)10-9-12-6-2-3-8-14(12)15/h6,10,15,17H,1,7-9,11-14H2,2-5H3;8,12-13H,2-7,9-11H2,1H3/t15-,17-,19-,20-,21+;12?,13-,15+/m00/s1. The van der Waals surface area contributed by atoms with Crippen molar-refractivity contribution in [2.24, 2.45) is 45.3 Å². The Bertz CT molecular complexity index is 974. The molecule has 0 aromatic carbocycles. The predicted octanol–water partition coefficient (Wildman–Crippen LogP) is 10.00. The number of carbonyl (C=O) groups excluding carboxylic acids is 1. The Kier molecular flexibility index (Phi) is 7.86. The van der Waals surface area contributed by atoms with Gasteiger partial charge in [0.15, 0.2) is 0 Å². The molecule has 1 unspecified atom stereocenters. The molecule has 6 aliphatic rings. The summed E-state index contributed by atoms with van der Waals surface area (Å²) >= 11 is 0. The van der Waals surface area contributed by atoms with E-state index in [1.165, 1.54) is 77.0 Å². The highest BCUT2D eigenvalue weighted by molar-refractivity contribution is 5.77. The monoisotopic (exact) mass is 520 g/mol. The van der Waals surface area contributed by atoms with Gasteiger partial charge in [0.2, 0.25) is 0 Å². The first-order chi connectivity index (χ1) is 18.1. The summed E-state index contributed by atoms with van der Waals surface area (Å²) in [6.07, 6.45) is 28.6. The number of carbonyl (C=O) groups is 1. The first-order valence-corrected chi connectivity index (χ1v) is 16.2. The summed E-state index contributed by atoms with van der Waals surface area (Å²) in [5.41, 5.74) is 4.27. The molecule has 6 rings (SSSR count). The molecule has 0 bridgehead atoms. The molecule has 0 heterocycles. The Morgan fingerprint density at radius 3 is 2.34 bits per heavy atom. The summed E-state index contributed by atoms with van der Waals surface area (Å²) in [7, 11) is 1.54. The fourth-order valence-corrected chi connectivity index (χ4v) is 10.7. The van der Waals surface area contributed by atoms with E-state index in [2.05, 4.69) is 52.5 Å². The number of esters is 1. The second kappa shape index (κ2) is 10.6. The van der Waals surface area contributed by atoms with E-state index in [0.717, 1.165) is 37.5 Å². The average molecular weight is 521 g/mol. The van der Waals surface area contributed by atoms with Crippen LogP contribution in [0.1, 0.15) is 130 Å². The first kappa shape index (κ1) is 28.2. The highest BCUT2D eigenvalue weighted by atomic mass is 16.5. The number of hydrogen-bond acceptors (Lipinski definition) is 2. The number of hydrogen-bond donors (Lipinski definition) is 0. The lowest BCUT2D eigenvalue weighted by molar-refractivity contribution is -0.164. The van der Waals surface area contributed by atoms with Crippen LogP contribution in [0.25, 0.3) is 0 Å². The molecule has 4 fully saturated rings. The van der Waals surface area contributed by atoms with Gasteiger partial charge in [0.05, 0.1) is 12.5 Å². The predicted molar refractivity (Wildman–Crippen MR) is 159 cm³/mol. The number of fused-ring (bicyclic) bond motifs is 6. The van der Waals surface area contributed by atoms with Crippen LogP contribution < -0.4 is 0 Å². The van der Waals surface area contributed by atoms with Gasteiger partial charge in [-0.2, -0.15) is 0 Å². The summed E-state index contributed by atoms with van der Waals surface area (Å²) in [5.74, 6) is 3.11. The molecule has 6 aliphatic carbocycles. The van der Waals surface area contributed by atoms with Gasteiger partial charge < -0.3 is 4.74 Å². The summed E-state index contributed by atoms with van der Waals surface area (Å²) in [6.45, 7) is 13.6. The maximum atomic E-state index is 12.5. The van der Waals surface area contributed by atoms with E-state index in [9.17, 15) is 4.79 Å². The molecule has 4 saturated carbocycles. The van der Waals surface area contributed by atoms with Crippen LogP contribution in [0.3, 0.4) is 0 Å². The number of allylic oxidation sites excluding steroid dienone is 5. The van der Waals surface area contributed by atoms with Gasteiger partial charge in [-0.05, 0) is 130 Å². The maximum Gasteiger partial charge on any atom is 0.311 e. The van der Waals surface area contributed by atoms with Crippen molar-refractivity contribution < 1.29 is 9.53 Å². The minimum absolute atomic E-state index is 0.000728. The van der Waals surface area contributed by atoms with Crippen molar-refractivity contribution in [1.29, 1.82) is 0 Å². The highest BCUT2D eigenvalue weighted by Crippen LogP contribution is 2.64. The van der Waals surface area contributed by atoms with Crippen molar-refractivity contribution >= 4 is 5.97 Å². The SMILES string of the molecule is C=C[C@@]1(C)CC=C2[C@@H](CC[C@@H]3[C@](C)(C(=O)OC)CCC[C@@]23C)C1.C[C@@]12CCCC[C@H]1CCC1CCCC=C12. The summed E-state index contributed by atoms with van der Waals surface area (Å²) in [5, 5.41) is 0. The van der Waals surface area contributed by atoms with Gasteiger partial charge in [0, 0.05) is 0 Å². The highest BCUT2D eigenvalue weighted by Gasteiger charge is 2.58. The quantitative estimate of drug-likeness (QED) is 0.267. The Balaban J connectivity index is 0.000000168. The third-order valence-corrected chi connectivity index (χ3v) is 13.0. The molecule has 0 saturated heterocycles. The fourth-order valence-electron chi connectivity index (χ4n) is 10.7. The van der Waals surface area contributed by atoms with Crippen LogP contribution in [0.15, 0.2) is 36.0 Å². The van der Waals surface area contributed by atoms with E-state index < -0.39 is 0 Å². The van der Waals surface area contributed by atoms with Crippen molar-refractivity contribution in [3.63, 3.8) is 0 Å². The van der Waals surface area contributed by atoms with Crippen LogP contribution in [0.5, 0.6) is 0 Å². The zero-order valence-electron chi connectivity index (χ0n) is 25.4. The molecule has 0 aliphatic heterocycles. The molecule has 0 radical (unpaired) electrons. The van der Waals surface area contributed by atoms with Crippen molar-refractivity contribution in [3.05, 3.63) is 36.0 Å². The minimum Gasteiger partial charge on any atom is -0.469 e. The number of methoxy groups -OCH3 is 1. The fraction of sp³-hybridized carbons (Fsp3) is 0.806. The van der Waals surface area contributed by atoms with E-state index >= 15 is 0 Å². The van der Waals surface area contributed by atoms with Gasteiger partial charge >= 0.3 is 5.97 Å². The second-order valence-corrected chi connectivity index (χ2v) is 15.2.